The molecule has 162 valence electrons. The minimum absolute atomic E-state index is 0.184. The van der Waals surface area contributed by atoms with Crippen molar-refractivity contribution in [2.24, 2.45) is 5.41 Å². The Bertz CT molecular complexity index is 977. The minimum atomic E-state index is -0.361. The van der Waals surface area contributed by atoms with Crippen molar-refractivity contribution < 1.29 is 14.3 Å². The molecule has 30 heavy (non-hydrogen) atoms. The molecule has 2 aliphatic rings. The van der Waals surface area contributed by atoms with Crippen LogP contribution in [0.4, 0.5) is 10.1 Å². The molecule has 4 rings (SSSR count). The number of aryl methyl sites for hydroxylation is 2. The molecule has 0 amide bonds. The van der Waals surface area contributed by atoms with Crippen LogP contribution < -0.4 is 10.5 Å². The Labute approximate surface area is 175 Å². The standard InChI is InChI=1S/C20H25FN4O.C2H4O2/c1-14-10-19(26)25(15(2)22-14)16-4-5-18(17(21)11-16)24-9-7-20(13-24)6-8-23(3)12-20;3-1-2-4/h4-5,10-11H,6-9,12-13H2,1-3H3;1,4H,2H2. The average molecular weight is 416 g/mol. The molecule has 2 fully saturated rings. The number of hydrogen-bond donors (Lipinski definition) is 1. The van der Waals surface area contributed by atoms with Crippen molar-refractivity contribution in [3.05, 3.63) is 52.0 Å². The zero-order chi connectivity index (χ0) is 21.9. The van der Waals surface area contributed by atoms with Crippen LogP contribution >= 0.6 is 0 Å². The SMILES string of the molecule is Cc1cc(=O)n(-c2ccc(N3CCC4(CCN(C)C4)C3)c(F)c2)c(C)n1.O=CCO. The van der Waals surface area contributed by atoms with E-state index in [2.05, 4.69) is 21.8 Å². The summed E-state index contributed by atoms with van der Waals surface area (Å²) in [6.07, 6.45) is 2.72. The van der Waals surface area contributed by atoms with Crippen LogP contribution in [0.3, 0.4) is 0 Å². The van der Waals surface area contributed by atoms with Crippen LogP contribution in [0, 0.1) is 25.1 Å². The third kappa shape index (κ3) is 4.60. The summed E-state index contributed by atoms with van der Waals surface area (Å²) in [5.41, 5.74) is 1.94. The first-order chi connectivity index (χ1) is 14.3. The van der Waals surface area contributed by atoms with Gasteiger partial charge in [-0.2, -0.15) is 0 Å². The van der Waals surface area contributed by atoms with Gasteiger partial charge in [-0.1, -0.05) is 0 Å². The molecule has 1 atom stereocenters. The number of carbonyl (C=O) groups excluding carboxylic acids is 1. The summed E-state index contributed by atoms with van der Waals surface area (Å²) in [6.45, 7) is 7.19. The maximum atomic E-state index is 14.9. The second-order valence-electron chi connectivity index (χ2n) is 8.26. The van der Waals surface area contributed by atoms with Gasteiger partial charge >= 0.3 is 0 Å². The fourth-order valence-corrected chi connectivity index (χ4v) is 4.58. The van der Waals surface area contributed by atoms with Crippen molar-refractivity contribution in [3.63, 3.8) is 0 Å². The smallest absolute Gasteiger partial charge is 0.258 e. The van der Waals surface area contributed by atoms with Crippen molar-refractivity contribution in [1.82, 2.24) is 14.5 Å². The van der Waals surface area contributed by atoms with Crippen LogP contribution in [0.1, 0.15) is 24.4 Å². The minimum Gasteiger partial charge on any atom is -0.389 e. The van der Waals surface area contributed by atoms with E-state index in [1.807, 2.05) is 6.07 Å². The molecule has 2 aromatic rings. The molecule has 2 saturated heterocycles. The summed E-state index contributed by atoms with van der Waals surface area (Å²) < 4.78 is 16.4. The zero-order valence-electron chi connectivity index (χ0n) is 17.8. The number of anilines is 1. The second-order valence-corrected chi connectivity index (χ2v) is 8.26. The van der Waals surface area contributed by atoms with Crippen molar-refractivity contribution in [2.75, 3.05) is 44.7 Å². The Morgan fingerprint density at radius 2 is 1.90 bits per heavy atom. The van der Waals surface area contributed by atoms with Gasteiger partial charge in [0.15, 0.2) is 0 Å². The lowest BCUT2D eigenvalue weighted by atomic mass is 9.86. The molecule has 1 N–H and O–H groups in total. The number of hydrogen-bond acceptors (Lipinski definition) is 6. The van der Waals surface area contributed by atoms with Crippen LogP contribution in [-0.4, -0.2) is 65.7 Å². The molecule has 7 nitrogen and oxygen atoms in total. The van der Waals surface area contributed by atoms with Gasteiger partial charge in [-0.25, -0.2) is 9.37 Å². The van der Waals surface area contributed by atoms with Gasteiger partial charge in [0, 0.05) is 42.9 Å². The predicted octanol–water partition coefficient (Wildman–Crippen LogP) is 1.70. The number of halogens is 1. The molecule has 0 aliphatic carbocycles. The fraction of sp³-hybridized carbons (Fsp3) is 0.500. The van der Waals surface area contributed by atoms with E-state index in [4.69, 9.17) is 9.90 Å². The maximum Gasteiger partial charge on any atom is 0.258 e. The van der Waals surface area contributed by atoms with Crippen molar-refractivity contribution in [1.29, 1.82) is 0 Å². The molecule has 0 saturated carbocycles. The second kappa shape index (κ2) is 9.06. The Morgan fingerprint density at radius 3 is 2.47 bits per heavy atom. The number of likely N-dealkylation sites (tertiary alicyclic amines) is 1. The predicted molar refractivity (Wildman–Crippen MR) is 114 cm³/mol. The molecule has 8 heteroatoms. The zero-order valence-corrected chi connectivity index (χ0v) is 17.8. The first kappa shape index (κ1) is 22.1. The first-order valence-corrected chi connectivity index (χ1v) is 10.1. The van der Waals surface area contributed by atoms with E-state index in [-0.39, 0.29) is 18.0 Å². The van der Waals surface area contributed by atoms with E-state index in [1.165, 1.54) is 23.1 Å². The number of aliphatic hydroxyl groups is 1. The van der Waals surface area contributed by atoms with Gasteiger partial charge in [-0.15, -0.1) is 0 Å². The topological polar surface area (TPSA) is 78.7 Å². The lowest BCUT2D eigenvalue weighted by Gasteiger charge is -2.25. The summed E-state index contributed by atoms with van der Waals surface area (Å²) in [7, 11) is 2.16. The van der Waals surface area contributed by atoms with Crippen LogP contribution in [0.2, 0.25) is 0 Å². The van der Waals surface area contributed by atoms with Gasteiger partial charge in [0.2, 0.25) is 0 Å². The fourth-order valence-electron chi connectivity index (χ4n) is 4.58. The number of benzene rings is 1. The van der Waals surface area contributed by atoms with E-state index in [9.17, 15) is 9.18 Å². The molecular weight excluding hydrogens is 387 g/mol. The van der Waals surface area contributed by atoms with Crippen LogP contribution in [0.5, 0.6) is 0 Å². The number of nitrogens with zero attached hydrogens (tertiary/aromatic N) is 4. The Kier molecular flexibility index (Phi) is 6.67. The van der Waals surface area contributed by atoms with Crippen LogP contribution in [0.15, 0.2) is 29.1 Å². The number of carbonyl (C=O) groups is 1. The monoisotopic (exact) mass is 416 g/mol. The molecular formula is C22H29FN4O3. The van der Waals surface area contributed by atoms with Crippen molar-refractivity contribution >= 4 is 12.0 Å². The number of rotatable bonds is 3. The molecule has 1 unspecified atom stereocenters. The highest BCUT2D eigenvalue weighted by atomic mass is 19.1. The normalized spacial score (nSPS) is 21.0. The lowest BCUT2D eigenvalue weighted by molar-refractivity contribution is -0.110. The largest absolute Gasteiger partial charge is 0.389 e. The van der Waals surface area contributed by atoms with Gasteiger partial charge in [-0.3, -0.25) is 9.36 Å². The lowest BCUT2D eigenvalue weighted by Crippen LogP contribution is -2.30. The third-order valence-electron chi connectivity index (χ3n) is 5.89. The van der Waals surface area contributed by atoms with Gasteiger partial charge in [-0.05, 0) is 52.4 Å². The van der Waals surface area contributed by atoms with Crippen LogP contribution in [0.25, 0.3) is 5.69 Å². The highest BCUT2D eigenvalue weighted by molar-refractivity contribution is 5.54. The maximum absolute atomic E-state index is 14.9. The molecule has 0 radical (unpaired) electrons. The van der Waals surface area contributed by atoms with Gasteiger partial charge in [0.05, 0.1) is 18.0 Å². The van der Waals surface area contributed by atoms with E-state index >= 15 is 0 Å². The highest BCUT2D eigenvalue weighted by Crippen LogP contribution is 2.41. The third-order valence-corrected chi connectivity index (χ3v) is 5.89. The summed E-state index contributed by atoms with van der Waals surface area (Å²) in [5.74, 6) is 0.286. The summed E-state index contributed by atoms with van der Waals surface area (Å²) in [6, 6.07) is 6.54. The molecule has 1 aromatic carbocycles. The Hall–Kier alpha value is -2.58. The summed E-state index contributed by atoms with van der Waals surface area (Å²) in [4.78, 5) is 30.1. The number of aromatic nitrogens is 2. The molecule has 1 spiro atoms. The van der Waals surface area contributed by atoms with E-state index in [1.54, 1.807) is 19.9 Å². The van der Waals surface area contributed by atoms with Gasteiger partial charge < -0.3 is 19.7 Å². The Morgan fingerprint density at radius 1 is 1.20 bits per heavy atom. The Balaban J connectivity index is 0.000000589. The highest BCUT2D eigenvalue weighted by Gasteiger charge is 2.42. The number of aldehydes is 1. The average Bonchev–Trinajstić information content (AvgIpc) is 3.27. The van der Waals surface area contributed by atoms with Crippen molar-refractivity contribution in [3.8, 4) is 5.69 Å². The van der Waals surface area contributed by atoms with Gasteiger partial charge in [0.1, 0.15) is 17.9 Å². The first-order valence-electron chi connectivity index (χ1n) is 10.1. The van der Waals surface area contributed by atoms with E-state index < -0.39 is 0 Å². The van der Waals surface area contributed by atoms with Crippen molar-refractivity contribution in [2.45, 2.75) is 26.7 Å². The molecule has 2 aliphatic heterocycles. The summed E-state index contributed by atoms with van der Waals surface area (Å²) in [5, 5.41) is 7.51. The molecule has 3 heterocycles. The molecule has 1 aromatic heterocycles. The number of aliphatic hydroxyl groups excluding tert-OH is 1. The van der Waals surface area contributed by atoms with Crippen LogP contribution in [-0.2, 0) is 4.79 Å². The quantitative estimate of drug-likeness (QED) is 0.768. The summed E-state index contributed by atoms with van der Waals surface area (Å²) >= 11 is 0. The molecule has 0 bridgehead atoms. The van der Waals surface area contributed by atoms with Gasteiger partial charge in [0.25, 0.3) is 5.56 Å². The van der Waals surface area contributed by atoms with E-state index in [0.717, 1.165) is 32.6 Å². The van der Waals surface area contributed by atoms with E-state index in [0.29, 0.717) is 34.6 Å².